The Hall–Kier alpha value is -3.15. The van der Waals surface area contributed by atoms with E-state index < -0.39 is 12.2 Å². The smallest absolute Gasteiger partial charge is 0.328 e. The normalized spacial score (nSPS) is 23.3. The van der Waals surface area contributed by atoms with E-state index >= 15 is 0 Å². The number of hydrogen-bond donors (Lipinski definition) is 0. The number of benzene rings is 1. The fraction of sp³-hybridized carbons (Fsp3) is 0.524. The molecule has 0 bridgehead atoms. The van der Waals surface area contributed by atoms with Crippen LogP contribution >= 0.6 is 11.8 Å². The minimum atomic E-state index is -0.514. The molecular weight excluding hydrogens is 442 g/mol. The van der Waals surface area contributed by atoms with E-state index in [4.69, 9.17) is 4.99 Å². The van der Waals surface area contributed by atoms with Crippen LogP contribution in [0, 0.1) is 0 Å². The molecule has 11 nitrogen and oxygen atoms in total. The van der Waals surface area contributed by atoms with E-state index in [0.717, 1.165) is 37.6 Å². The SMILES string of the molecule is CN1C(=O)C2C(N=C(N3CCCCC3)N2CCSc2nnnn2-c2ccccc2)N(C)C1=O. The molecule has 0 aliphatic carbocycles. The van der Waals surface area contributed by atoms with Crippen LogP contribution in [0.1, 0.15) is 19.3 Å². The summed E-state index contributed by atoms with van der Waals surface area (Å²) in [7, 11) is 3.25. The van der Waals surface area contributed by atoms with Gasteiger partial charge >= 0.3 is 6.03 Å². The number of carbonyl (C=O) groups excluding carboxylic acids is 2. The van der Waals surface area contributed by atoms with Crippen LogP contribution in [-0.2, 0) is 4.79 Å². The minimum Gasteiger partial charge on any atom is -0.343 e. The van der Waals surface area contributed by atoms with E-state index in [2.05, 4.69) is 25.3 Å². The number of para-hydroxylation sites is 1. The molecule has 2 aromatic rings. The standard InChI is InChI=1S/C21H27N9O2S/c1-26-17-16(18(31)27(2)21(26)32)29(19(22-17)28-11-7-4-8-12-28)13-14-33-20-23-24-25-30(20)15-9-5-3-6-10-15/h3,5-6,9-10,16-17H,4,7-8,11-14H2,1-2H3. The van der Waals surface area contributed by atoms with Crippen molar-refractivity contribution >= 4 is 29.7 Å². The number of rotatable bonds is 5. The Kier molecular flexibility index (Phi) is 5.92. The molecule has 12 heteroatoms. The van der Waals surface area contributed by atoms with E-state index in [9.17, 15) is 9.59 Å². The largest absolute Gasteiger partial charge is 0.343 e. The summed E-state index contributed by atoms with van der Waals surface area (Å²) in [6.07, 6.45) is 2.91. The lowest BCUT2D eigenvalue weighted by Crippen LogP contribution is -2.64. The predicted molar refractivity (Wildman–Crippen MR) is 123 cm³/mol. The van der Waals surface area contributed by atoms with Gasteiger partial charge in [-0.1, -0.05) is 30.0 Å². The third-order valence-corrected chi connectivity index (χ3v) is 7.24. The molecule has 4 heterocycles. The van der Waals surface area contributed by atoms with Gasteiger partial charge in [0.15, 0.2) is 18.2 Å². The van der Waals surface area contributed by atoms with Gasteiger partial charge in [0.2, 0.25) is 5.16 Å². The van der Waals surface area contributed by atoms with Crippen LogP contribution in [0.15, 0.2) is 40.5 Å². The summed E-state index contributed by atoms with van der Waals surface area (Å²) in [4.78, 5) is 37.6. The van der Waals surface area contributed by atoms with Crippen LogP contribution in [0.4, 0.5) is 4.79 Å². The summed E-state index contributed by atoms with van der Waals surface area (Å²) in [5, 5.41) is 12.8. The molecule has 2 unspecified atom stereocenters. The van der Waals surface area contributed by atoms with Crippen LogP contribution in [0.25, 0.3) is 5.69 Å². The van der Waals surface area contributed by atoms with Gasteiger partial charge in [-0.15, -0.1) is 5.10 Å². The van der Waals surface area contributed by atoms with Gasteiger partial charge in [-0.2, -0.15) is 4.68 Å². The number of likely N-dealkylation sites (tertiary alicyclic amines) is 1. The molecule has 174 valence electrons. The highest BCUT2D eigenvalue weighted by Gasteiger charge is 2.51. The highest BCUT2D eigenvalue weighted by atomic mass is 32.2. The monoisotopic (exact) mass is 469 g/mol. The van der Waals surface area contributed by atoms with Gasteiger partial charge in [-0.05, 0) is 41.8 Å². The van der Waals surface area contributed by atoms with Crippen LogP contribution < -0.4 is 0 Å². The van der Waals surface area contributed by atoms with Crippen LogP contribution in [0.2, 0.25) is 0 Å². The lowest BCUT2D eigenvalue weighted by atomic mass is 10.1. The number of imide groups is 1. The zero-order chi connectivity index (χ0) is 22.9. The molecule has 0 radical (unpaired) electrons. The second-order valence-electron chi connectivity index (χ2n) is 8.38. The molecule has 3 aliphatic rings. The van der Waals surface area contributed by atoms with E-state index in [1.54, 1.807) is 16.6 Å². The van der Waals surface area contributed by atoms with Crippen molar-refractivity contribution in [1.29, 1.82) is 0 Å². The Morgan fingerprint density at radius 3 is 2.58 bits per heavy atom. The molecule has 5 rings (SSSR count). The topological polar surface area (TPSA) is 103 Å². The van der Waals surface area contributed by atoms with Crippen LogP contribution in [-0.4, -0.2) is 109 Å². The van der Waals surface area contributed by atoms with Crippen molar-refractivity contribution in [2.24, 2.45) is 4.99 Å². The minimum absolute atomic E-state index is 0.210. The van der Waals surface area contributed by atoms with Gasteiger partial charge in [0.25, 0.3) is 5.91 Å². The second-order valence-corrected chi connectivity index (χ2v) is 9.44. The Bertz CT molecular complexity index is 1050. The summed E-state index contributed by atoms with van der Waals surface area (Å²) >= 11 is 1.53. The van der Waals surface area contributed by atoms with Crippen molar-refractivity contribution in [3.8, 4) is 5.69 Å². The van der Waals surface area contributed by atoms with Crippen molar-refractivity contribution in [2.45, 2.75) is 36.6 Å². The number of thioether (sulfide) groups is 1. The molecule has 0 saturated carbocycles. The molecular formula is C21H27N9O2S. The maximum atomic E-state index is 13.1. The van der Waals surface area contributed by atoms with Gasteiger partial charge in [0.05, 0.1) is 5.69 Å². The summed E-state index contributed by atoms with van der Waals surface area (Å²) in [6, 6.07) is 8.92. The van der Waals surface area contributed by atoms with E-state index in [1.807, 2.05) is 30.3 Å². The highest BCUT2D eigenvalue weighted by Crippen LogP contribution is 2.30. The second kappa shape index (κ2) is 9.00. The van der Waals surface area contributed by atoms with Crippen LogP contribution in [0.5, 0.6) is 0 Å². The molecule has 1 aromatic heterocycles. The Labute approximate surface area is 196 Å². The summed E-state index contributed by atoms with van der Waals surface area (Å²) in [5.74, 6) is 1.27. The number of hydrogen-bond acceptors (Lipinski definition) is 9. The summed E-state index contributed by atoms with van der Waals surface area (Å²) in [5.41, 5.74) is 0.894. The fourth-order valence-electron chi connectivity index (χ4n) is 4.58. The number of amides is 3. The number of nitrogens with zero attached hydrogens (tertiary/aromatic N) is 9. The molecule has 0 spiro atoms. The van der Waals surface area contributed by atoms with Crippen molar-refractivity contribution in [2.75, 3.05) is 39.5 Å². The first-order valence-corrected chi connectivity index (χ1v) is 12.1. The quantitative estimate of drug-likeness (QED) is 0.601. The lowest BCUT2D eigenvalue weighted by Gasteiger charge is -2.41. The Morgan fingerprint density at radius 1 is 1.06 bits per heavy atom. The number of carbonyl (C=O) groups is 2. The number of guanidine groups is 1. The van der Waals surface area contributed by atoms with Crippen molar-refractivity contribution in [3.63, 3.8) is 0 Å². The van der Waals surface area contributed by atoms with Gasteiger partial charge in [-0.25, -0.2) is 9.79 Å². The van der Waals surface area contributed by atoms with E-state index in [0.29, 0.717) is 17.5 Å². The number of urea groups is 1. The molecule has 33 heavy (non-hydrogen) atoms. The fourth-order valence-corrected chi connectivity index (χ4v) is 5.41. The number of piperidine rings is 1. The van der Waals surface area contributed by atoms with Crippen LogP contribution in [0.3, 0.4) is 0 Å². The first-order valence-electron chi connectivity index (χ1n) is 11.2. The number of aliphatic imine (C=N–C) groups is 1. The molecule has 3 aliphatic heterocycles. The third-order valence-electron chi connectivity index (χ3n) is 6.34. The maximum Gasteiger partial charge on any atom is 0.328 e. The van der Waals surface area contributed by atoms with Crippen molar-refractivity contribution in [3.05, 3.63) is 30.3 Å². The van der Waals surface area contributed by atoms with Gasteiger partial charge in [-0.3, -0.25) is 9.69 Å². The van der Waals surface area contributed by atoms with Gasteiger partial charge in [0.1, 0.15) is 0 Å². The first-order chi connectivity index (χ1) is 16.1. The molecule has 3 amide bonds. The maximum absolute atomic E-state index is 13.1. The third kappa shape index (κ3) is 3.92. The van der Waals surface area contributed by atoms with Gasteiger partial charge < -0.3 is 14.7 Å². The number of aromatic nitrogens is 4. The average Bonchev–Trinajstić information content (AvgIpc) is 3.48. The molecule has 2 fully saturated rings. The molecule has 0 N–H and O–H groups in total. The molecule has 2 saturated heterocycles. The number of tetrazole rings is 1. The van der Waals surface area contributed by atoms with Crippen molar-refractivity contribution < 1.29 is 9.59 Å². The van der Waals surface area contributed by atoms with Gasteiger partial charge in [0, 0.05) is 39.5 Å². The Morgan fingerprint density at radius 2 is 1.82 bits per heavy atom. The lowest BCUT2D eigenvalue weighted by molar-refractivity contribution is -0.136. The number of fused-ring (bicyclic) bond motifs is 1. The van der Waals surface area contributed by atoms with Crippen molar-refractivity contribution in [1.82, 2.24) is 39.8 Å². The summed E-state index contributed by atoms with van der Waals surface area (Å²) < 4.78 is 1.71. The zero-order valence-electron chi connectivity index (χ0n) is 18.7. The van der Waals surface area contributed by atoms with E-state index in [-0.39, 0.29) is 11.9 Å². The average molecular weight is 470 g/mol. The highest BCUT2D eigenvalue weighted by molar-refractivity contribution is 7.99. The Balaban J connectivity index is 1.35. The first kappa shape index (κ1) is 21.7. The van der Waals surface area contributed by atoms with E-state index in [1.165, 1.54) is 30.1 Å². The predicted octanol–water partition coefficient (Wildman–Crippen LogP) is 1.13. The number of likely N-dealkylation sites (N-methyl/N-ethyl adjacent to an activating group) is 2. The zero-order valence-corrected chi connectivity index (χ0v) is 19.6. The molecule has 1 aromatic carbocycles. The summed E-state index contributed by atoms with van der Waals surface area (Å²) in [6.45, 7) is 2.41. The molecule has 2 atom stereocenters.